The van der Waals surface area contributed by atoms with Gasteiger partial charge in [0.25, 0.3) is 0 Å². The van der Waals surface area contributed by atoms with Crippen LogP contribution in [-0.4, -0.2) is 23.5 Å². The van der Waals surface area contributed by atoms with Crippen LogP contribution in [0.2, 0.25) is 0 Å². The lowest BCUT2D eigenvalue weighted by atomic mass is 10.2. The maximum absolute atomic E-state index is 11.5. The van der Waals surface area contributed by atoms with Crippen LogP contribution in [0.1, 0.15) is 31.2 Å². The van der Waals surface area contributed by atoms with E-state index < -0.39 is 5.97 Å². The summed E-state index contributed by atoms with van der Waals surface area (Å²) in [5.74, 6) is -0.892. The largest absolute Gasteiger partial charge is 0.481 e. The molecule has 4 nitrogen and oxygen atoms in total. The molecule has 4 heteroatoms. The van der Waals surface area contributed by atoms with E-state index in [0.29, 0.717) is 13.0 Å². The topological polar surface area (TPSA) is 66.4 Å². The molecule has 0 radical (unpaired) electrons. The Bertz CT molecular complexity index is 426. The summed E-state index contributed by atoms with van der Waals surface area (Å²) in [6, 6.07) is 9.61. The molecule has 0 heterocycles. The van der Waals surface area contributed by atoms with E-state index in [-0.39, 0.29) is 12.3 Å². The summed E-state index contributed by atoms with van der Waals surface area (Å²) >= 11 is 0. The average Bonchev–Trinajstić information content (AvgIpc) is 2.41. The molecule has 0 bridgehead atoms. The molecule has 0 saturated heterocycles. The summed E-state index contributed by atoms with van der Waals surface area (Å²) in [6.07, 6.45) is 5.74. The number of nitrogens with one attached hydrogen (secondary N) is 1. The zero-order chi connectivity index (χ0) is 13.9. The Morgan fingerprint density at radius 2 is 1.84 bits per heavy atom. The Hall–Kier alpha value is -2.10. The summed E-state index contributed by atoms with van der Waals surface area (Å²) in [7, 11) is 0. The van der Waals surface area contributed by atoms with Crippen molar-refractivity contribution in [2.24, 2.45) is 0 Å². The van der Waals surface area contributed by atoms with Crippen LogP contribution in [-0.2, 0) is 9.59 Å². The summed E-state index contributed by atoms with van der Waals surface area (Å²) in [4.78, 5) is 21.7. The fourth-order valence-electron chi connectivity index (χ4n) is 1.58. The maximum Gasteiger partial charge on any atom is 0.303 e. The van der Waals surface area contributed by atoms with Gasteiger partial charge < -0.3 is 10.4 Å². The Labute approximate surface area is 113 Å². The van der Waals surface area contributed by atoms with Crippen LogP contribution in [0.25, 0.3) is 6.08 Å². The van der Waals surface area contributed by atoms with Gasteiger partial charge in [0.15, 0.2) is 0 Å². The minimum absolute atomic E-state index is 0.123. The fourth-order valence-corrected chi connectivity index (χ4v) is 1.58. The Balaban J connectivity index is 2.11. The number of carbonyl (C=O) groups excluding carboxylic acids is 1. The van der Waals surface area contributed by atoms with E-state index in [9.17, 15) is 9.59 Å². The third-order valence-corrected chi connectivity index (χ3v) is 2.59. The highest BCUT2D eigenvalue weighted by atomic mass is 16.4. The molecule has 1 aromatic carbocycles. The third kappa shape index (κ3) is 7.76. The first-order chi connectivity index (χ1) is 9.18. The molecule has 1 aromatic rings. The molecule has 1 amide bonds. The normalized spacial score (nSPS) is 10.5. The van der Waals surface area contributed by atoms with Gasteiger partial charge in [0.2, 0.25) is 5.91 Å². The highest BCUT2D eigenvalue weighted by Gasteiger charge is 1.97. The number of benzene rings is 1. The molecule has 0 unspecified atom stereocenters. The van der Waals surface area contributed by atoms with Gasteiger partial charge >= 0.3 is 5.97 Å². The van der Waals surface area contributed by atoms with Crippen molar-refractivity contribution in [3.8, 4) is 0 Å². The Morgan fingerprint density at radius 3 is 2.53 bits per heavy atom. The molecular weight excluding hydrogens is 242 g/mol. The van der Waals surface area contributed by atoms with Gasteiger partial charge in [0, 0.05) is 19.0 Å². The van der Waals surface area contributed by atoms with Gasteiger partial charge in [-0.05, 0) is 24.5 Å². The molecule has 102 valence electrons. The molecule has 0 aliphatic rings. The Kier molecular flexibility index (Phi) is 7.02. The van der Waals surface area contributed by atoms with E-state index in [4.69, 9.17) is 5.11 Å². The molecule has 0 atom stereocenters. The molecule has 0 aromatic heterocycles. The number of carboxylic acids is 1. The molecule has 0 saturated carbocycles. The highest BCUT2D eigenvalue weighted by molar-refractivity contribution is 5.91. The van der Waals surface area contributed by atoms with E-state index in [1.807, 2.05) is 30.3 Å². The standard InChI is InChI=1S/C15H19NO3/c17-14(11-10-13-7-3-1-4-8-13)16-12-6-2-5-9-15(18)19/h1,3-4,7-8,10-11H,2,5-6,9,12H2,(H,16,17)(H,18,19)/b11-10+. The third-order valence-electron chi connectivity index (χ3n) is 2.59. The van der Waals surface area contributed by atoms with Crippen LogP contribution in [0.3, 0.4) is 0 Å². The van der Waals surface area contributed by atoms with Crippen LogP contribution < -0.4 is 5.32 Å². The number of hydrogen-bond donors (Lipinski definition) is 2. The summed E-state index contributed by atoms with van der Waals surface area (Å²) < 4.78 is 0. The van der Waals surface area contributed by atoms with Crippen molar-refractivity contribution in [2.75, 3.05) is 6.54 Å². The zero-order valence-electron chi connectivity index (χ0n) is 10.8. The minimum atomic E-state index is -0.769. The molecule has 0 aliphatic heterocycles. The lowest BCUT2D eigenvalue weighted by molar-refractivity contribution is -0.137. The van der Waals surface area contributed by atoms with Crippen LogP contribution in [0, 0.1) is 0 Å². The monoisotopic (exact) mass is 261 g/mol. The molecule has 1 rings (SSSR count). The first-order valence-electron chi connectivity index (χ1n) is 6.41. The molecule has 2 N–H and O–H groups in total. The molecular formula is C15H19NO3. The van der Waals surface area contributed by atoms with Crippen molar-refractivity contribution in [3.05, 3.63) is 42.0 Å². The van der Waals surface area contributed by atoms with Gasteiger partial charge in [0.05, 0.1) is 0 Å². The lowest BCUT2D eigenvalue weighted by Crippen LogP contribution is -2.22. The summed E-state index contributed by atoms with van der Waals surface area (Å²) in [5, 5.41) is 11.2. The first kappa shape index (κ1) is 15.0. The van der Waals surface area contributed by atoms with Crippen molar-refractivity contribution in [2.45, 2.75) is 25.7 Å². The number of hydrogen-bond acceptors (Lipinski definition) is 2. The highest BCUT2D eigenvalue weighted by Crippen LogP contribution is 2.01. The molecule has 19 heavy (non-hydrogen) atoms. The van der Waals surface area contributed by atoms with E-state index in [1.54, 1.807) is 6.08 Å². The number of amides is 1. The van der Waals surface area contributed by atoms with E-state index in [2.05, 4.69) is 5.32 Å². The van der Waals surface area contributed by atoms with Crippen molar-refractivity contribution >= 4 is 18.0 Å². The molecule has 0 aliphatic carbocycles. The van der Waals surface area contributed by atoms with E-state index in [1.165, 1.54) is 6.08 Å². The van der Waals surface area contributed by atoms with Crippen LogP contribution in [0.15, 0.2) is 36.4 Å². The SMILES string of the molecule is O=C(O)CCCCCNC(=O)/C=C/c1ccccc1. The predicted molar refractivity (Wildman–Crippen MR) is 74.6 cm³/mol. The lowest BCUT2D eigenvalue weighted by Gasteiger charge is -2.01. The minimum Gasteiger partial charge on any atom is -0.481 e. The fraction of sp³-hybridized carbons (Fsp3) is 0.333. The number of rotatable bonds is 8. The van der Waals surface area contributed by atoms with Crippen molar-refractivity contribution < 1.29 is 14.7 Å². The van der Waals surface area contributed by atoms with Gasteiger partial charge in [-0.2, -0.15) is 0 Å². The van der Waals surface area contributed by atoms with Crippen molar-refractivity contribution in [3.63, 3.8) is 0 Å². The smallest absolute Gasteiger partial charge is 0.303 e. The van der Waals surface area contributed by atoms with Crippen molar-refractivity contribution in [1.82, 2.24) is 5.32 Å². The zero-order valence-corrected chi connectivity index (χ0v) is 10.8. The predicted octanol–water partition coefficient (Wildman–Crippen LogP) is 2.46. The van der Waals surface area contributed by atoms with Crippen LogP contribution in [0.5, 0.6) is 0 Å². The van der Waals surface area contributed by atoms with Gasteiger partial charge in [0.1, 0.15) is 0 Å². The summed E-state index contributed by atoms with van der Waals surface area (Å²) in [5.41, 5.74) is 0.985. The average molecular weight is 261 g/mol. The van der Waals surface area contributed by atoms with Crippen molar-refractivity contribution in [1.29, 1.82) is 0 Å². The second kappa shape index (κ2) is 8.91. The quantitative estimate of drug-likeness (QED) is 0.558. The van der Waals surface area contributed by atoms with Crippen LogP contribution in [0.4, 0.5) is 0 Å². The number of unbranched alkanes of at least 4 members (excludes halogenated alkanes) is 2. The molecule has 0 spiro atoms. The molecule has 0 fully saturated rings. The second-order valence-electron chi connectivity index (χ2n) is 4.24. The van der Waals surface area contributed by atoms with Gasteiger partial charge in [-0.25, -0.2) is 0 Å². The van der Waals surface area contributed by atoms with E-state index >= 15 is 0 Å². The van der Waals surface area contributed by atoms with Gasteiger partial charge in [-0.3, -0.25) is 9.59 Å². The van der Waals surface area contributed by atoms with Crippen LogP contribution >= 0.6 is 0 Å². The summed E-state index contributed by atoms with van der Waals surface area (Å²) in [6.45, 7) is 0.581. The number of carboxylic acid groups (broad SMARTS) is 1. The number of aliphatic carboxylic acids is 1. The van der Waals surface area contributed by atoms with Gasteiger partial charge in [-0.1, -0.05) is 36.8 Å². The first-order valence-corrected chi connectivity index (χ1v) is 6.41. The maximum atomic E-state index is 11.5. The second-order valence-corrected chi connectivity index (χ2v) is 4.24. The van der Waals surface area contributed by atoms with E-state index in [0.717, 1.165) is 18.4 Å². The number of carbonyl (C=O) groups is 2. The Morgan fingerprint density at radius 1 is 1.11 bits per heavy atom. The van der Waals surface area contributed by atoms with Gasteiger partial charge in [-0.15, -0.1) is 0 Å².